The van der Waals surface area contributed by atoms with Gasteiger partial charge in [0.05, 0.1) is 6.61 Å². The molecule has 1 unspecified atom stereocenters. The lowest BCUT2D eigenvalue weighted by Gasteiger charge is -2.43. The van der Waals surface area contributed by atoms with Crippen LogP contribution in [0.3, 0.4) is 0 Å². The molecule has 0 aliphatic carbocycles. The number of ether oxygens (including phenoxy) is 2. The lowest BCUT2D eigenvalue weighted by molar-refractivity contribution is -0.132. The van der Waals surface area contributed by atoms with Crippen molar-refractivity contribution in [3.63, 3.8) is 0 Å². The molecule has 0 bridgehead atoms. The summed E-state index contributed by atoms with van der Waals surface area (Å²) in [5, 5.41) is 0.586. The molecule has 0 saturated heterocycles. The van der Waals surface area contributed by atoms with E-state index in [1.165, 1.54) is 0 Å². The van der Waals surface area contributed by atoms with Crippen molar-refractivity contribution in [2.24, 2.45) is 10.7 Å². The minimum Gasteiger partial charge on any atom is -0.493 e. The van der Waals surface area contributed by atoms with Crippen LogP contribution < -0.4 is 10.5 Å². The van der Waals surface area contributed by atoms with Crippen molar-refractivity contribution in [3.05, 3.63) is 52.5 Å². The van der Waals surface area contributed by atoms with Crippen LogP contribution in [0.4, 0.5) is 8.78 Å². The predicted molar refractivity (Wildman–Crippen MR) is 95.9 cm³/mol. The van der Waals surface area contributed by atoms with Gasteiger partial charge >= 0.3 is 5.92 Å². The molecule has 2 aliphatic rings. The highest BCUT2D eigenvalue weighted by Gasteiger charge is 2.60. The van der Waals surface area contributed by atoms with Crippen LogP contribution in [0.15, 0.2) is 41.4 Å². The van der Waals surface area contributed by atoms with Crippen molar-refractivity contribution in [3.8, 4) is 16.9 Å². The number of hydrogen-bond donors (Lipinski definition) is 1. The van der Waals surface area contributed by atoms with E-state index in [2.05, 4.69) is 4.99 Å². The first kappa shape index (κ1) is 17.1. The minimum atomic E-state index is -3.20. The van der Waals surface area contributed by atoms with E-state index in [-0.39, 0.29) is 19.0 Å². The zero-order valence-electron chi connectivity index (χ0n) is 14.1. The Hall–Kier alpha value is -2.34. The number of rotatable bonds is 1. The van der Waals surface area contributed by atoms with Crippen LogP contribution in [0.25, 0.3) is 11.1 Å². The van der Waals surface area contributed by atoms with Crippen LogP contribution in [0.1, 0.15) is 17.5 Å². The maximum Gasteiger partial charge on any atom is 0.310 e. The lowest BCUT2D eigenvalue weighted by atomic mass is 9.78. The van der Waals surface area contributed by atoms with Gasteiger partial charge in [0.2, 0.25) is 0 Å². The van der Waals surface area contributed by atoms with Crippen LogP contribution in [-0.4, -0.2) is 25.2 Å². The Balaban J connectivity index is 1.92. The average Bonchev–Trinajstić information content (AvgIpc) is 2.58. The predicted octanol–water partition coefficient (Wildman–Crippen LogP) is 4.27. The Kier molecular flexibility index (Phi) is 3.84. The summed E-state index contributed by atoms with van der Waals surface area (Å²) in [5.74, 6) is -2.81. The number of aryl methyl sites for hydroxylation is 1. The molecule has 1 atom stereocenters. The van der Waals surface area contributed by atoms with Gasteiger partial charge in [-0.1, -0.05) is 23.7 Å². The van der Waals surface area contributed by atoms with Gasteiger partial charge in [-0.2, -0.15) is 8.78 Å². The number of benzene rings is 2. The smallest absolute Gasteiger partial charge is 0.310 e. The second kappa shape index (κ2) is 5.84. The summed E-state index contributed by atoms with van der Waals surface area (Å²) < 4.78 is 40.2. The summed E-state index contributed by atoms with van der Waals surface area (Å²) in [7, 11) is 0. The topological polar surface area (TPSA) is 56.8 Å². The summed E-state index contributed by atoms with van der Waals surface area (Å²) >= 11 is 6.15. The van der Waals surface area contributed by atoms with Gasteiger partial charge in [0.1, 0.15) is 5.75 Å². The van der Waals surface area contributed by atoms with Crippen molar-refractivity contribution in [2.45, 2.75) is 24.8 Å². The van der Waals surface area contributed by atoms with Gasteiger partial charge in [0.15, 0.2) is 12.1 Å². The Morgan fingerprint density at radius 1 is 1.12 bits per heavy atom. The van der Waals surface area contributed by atoms with E-state index in [9.17, 15) is 8.78 Å². The molecule has 2 aromatic rings. The quantitative estimate of drug-likeness (QED) is 0.806. The summed E-state index contributed by atoms with van der Waals surface area (Å²) in [6, 6.07) is 10.6. The van der Waals surface area contributed by atoms with Gasteiger partial charge in [0.25, 0.3) is 6.02 Å². The Morgan fingerprint density at radius 3 is 2.69 bits per heavy atom. The molecule has 0 amide bonds. The van der Waals surface area contributed by atoms with Crippen LogP contribution in [0.2, 0.25) is 5.02 Å². The molecule has 0 radical (unpaired) electrons. The van der Waals surface area contributed by atoms with Gasteiger partial charge in [-0.3, -0.25) is 0 Å². The number of hydrogen-bond acceptors (Lipinski definition) is 4. The molecule has 2 aliphatic heterocycles. The maximum absolute atomic E-state index is 14.9. The summed E-state index contributed by atoms with van der Waals surface area (Å²) in [5.41, 5.74) is 6.75. The van der Waals surface area contributed by atoms with Crippen molar-refractivity contribution in [2.75, 3.05) is 13.2 Å². The summed E-state index contributed by atoms with van der Waals surface area (Å²) in [6.45, 7) is 1.26. The first-order valence-electron chi connectivity index (χ1n) is 8.22. The molecule has 2 N–H and O–H groups in total. The average molecular weight is 379 g/mol. The van der Waals surface area contributed by atoms with E-state index in [0.717, 1.165) is 16.7 Å². The van der Waals surface area contributed by atoms with Crippen LogP contribution in [-0.2, 0) is 10.3 Å². The monoisotopic (exact) mass is 378 g/mol. The number of alkyl halides is 2. The highest BCUT2D eigenvalue weighted by Crippen LogP contribution is 2.52. The number of aliphatic imine (C=N–C) groups is 1. The fourth-order valence-corrected chi connectivity index (χ4v) is 3.88. The van der Waals surface area contributed by atoms with E-state index in [4.69, 9.17) is 26.8 Å². The summed E-state index contributed by atoms with van der Waals surface area (Å²) in [6.07, 6.45) is 0.0229. The second-order valence-electron chi connectivity index (χ2n) is 6.63. The van der Waals surface area contributed by atoms with Gasteiger partial charge < -0.3 is 15.2 Å². The van der Waals surface area contributed by atoms with Gasteiger partial charge in [-0.25, -0.2) is 4.99 Å². The fraction of sp³-hybridized carbons (Fsp3) is 0.316. The Labute approximate surface area is 154 Å². The molecule has 136 valence electrons. The van der Waals surface area contributed by atoms with Crippen molar-refractivity contribution in [1.82, 2.24) is 0 Å². The Morgan fingerprint density at radius 2 is 1.92 bits per heavy atom. The summed E-state index contributed by atoms with van der Waals surface area (Å²) in [4.78, 5) is 4.05. The normalized spacial score (nSPS) is 23.6. The zero-order valence-corrected chi connectivity index (χ0v) is 14.8. The van der Waals surface area contributed by atoms with Crippen LogP contribution in [0.5, 0.6) is 5.75 Å². The molecular weight excluding hydrogens is 362 g/mol. The molecule has 4 rings (SSSR count). The molecule has 2 aromatic carbocycles. The highest BCUT2D eigenvalue weighted by atomic mass is 35.5. The molecule has 0 fully saturated rings. The third kappa shape index (κ3) is 2.60. The molecule has 26 heavy (non-hydrogen) atoms. The maximum atomic E-state index is 14.9. The van der Waals surface area contributed by atoms with E-state index < -0.39 is 18.1 Å². The third-order valence-corrected chi connectivity index (χ3v) is 5.05. The van der Waals surface area contributed by atoms with Crippen molar-refractivity contribution < 1.29 is 18.3 Å². The van der Waals surface area contributed by atoms with Gasteiger partial charge in [-0.15, -0.1) is 0 Å². The van der Waals surface area contributed by atoms with E-state index >= 15 is 0 Å². The number of nitrogens with two attached hydrogens (primary N) is 1. The van der Waals surface area contributed by atoms with Gasteiger partial charge in [-0.05, 0) is 47.9 Å². The largest absolute Gasteiger partial charge is 0.493 e. The molecule has 0 aromatic heterocycles. The fourth-order valence-electron chi connectivity index (χ4n) is 3.59. The zero-order chi connectivity index (χ0) is 18.5. The van der Waals surface area contributed by atoms with E-state index in [0.29, 0.717) is 16.3 Å². The van der Waals surface area contributed by atoms with Gasteiger partial charge in [0, 0.05) is 17.0 Å². The number of nitrogens with zero attached hydrogens (tertiary/aromatic N) is 1. The van der Waals surface area contributed by atoms with Crippen molar-refractivity contribution >= 4 is 17.6 Å². The minimum absolute atomic E-state index is 0.0229. The van der Waals surface area contributed by atoms with E-state index in [1.807, 2.05) is 25.1 Å². The highest BCUT2D eigenvalue weighted by molar-refractivity contribution is 6.31. The first-order chi connectivity index (χ1) is 12.3. The Bertz CT molecular complexity index is 896. The standard InChI is InChI=1S/C19H17ClF2N2O2/c1-11-6-13(8-14(20)7-11)12-2-3-16-15(9-12)18(4-5-25-16)19(21,22)10-26-17(23)24-18/h2-3,6-9H,4-5,10H2,1H3,(H2,23,24). The molecular formula is C19H17ClF2N2O2. The van der Waals surface area contributed by atoms with Crippen LogP contribution >= 0.6 is 11.6 Å². The second-order valence-corrected chi connectivity index (χ2v) is 7.07. The third-order valence-electron chi connectivity index (χ3n) is 4.83. The van der Waals surface area contributed by atoms with Crippen molar-refractivity contribution in [1.29, 1.82) is 0 Å². The molecule has 0 saturated carbocycles. The number of amidine groups is 1. The van der Waals surface area contributed by atoms with Crippen LogP contribution in [0, 0.1) is 6.92 Å². The number of fused-ring (bicyclic) bond motifs is 2. The van der Waals surface area contributed by atoms with E-state index in [1.54, 1.807) is 18.2 Å². The number of halogens is 3. The molecule has 1 spiro atoms. The molecule has 2 heterocycles. The molecule has 4 nitrogen and oxygen atoms in total. The molecule has 7 heteroatoms. The SMILES string of the molecule is Cc1cc(Cl)cc(-c2ccc3c(c2)C2(CCO3)N=C(N)OCC2(F)F)c1. The lowest BCUT2D eigenvalue weighted by Crippen LogP contribution is -2.54. The first-order valence-corrected chi connectivity index (χ1v) is 8.59.